The predicted octanol–water partition coefficient (Wildman–Crippen LogP) is 3.14. The monoisotopic (exact) mass is 344 g/mol. The first-order chi connectivity index (χ1) is 11.7. The minimum atomic E-state index is -0.369. The molecular weight excluding hydrogens is 327 g/mol. The van der Waals surface area contributed by atoms with E-state index in [-0.39, 0.29) is 5.82 Å². The van der Waals surface area contributed by atoms with E-state index in [4.69, 9.17) is 10.6 Å². The van der Waals surface area contributed by atoms with Gasteiger partial charge < -0.3 is 10.6 Å². The molecule has 3 aromatic rings. The molecule has 0 radical (unpaired) electrons. The minimum Gasteiger partial charge on any atom is -0.497 e. The smallest absolute Gasteiger partial charge is 0.210 e. The molecular formula is C17H17FN4OS. The van der Waals surface area contributed by atoms with Crippen molar-refractivity contribution in [2.24, 2.45) is 0 Å². The van der Waals surface area contributed by atoms with Gasteiger partial charge in [0.2, 0.25) is 5.16 Å². The third-order valence-corrected chi connectivity index (χ3v) is 4.51. The molecule has 0 aliphatic carbocycles. The van der Waals surface area contributed by atoms with Crippen LogP contribution in [0.1, 0.15) is 5.56 Å². The molecule has 5 nitrogen and oxygen atoms in total. The van der Waals surface area contributed by atoms with Crippen LogP contribution in [0.5, 0.6) is 5.75 Å². The number of benzene rings is 2. The van der Waals surface area contributed by atoms with Crippen LogP contribution in [0.15, 0.2) is 53.7 Å². The Morgan fingerprint density at radius 1 is 1.12 bits per heavy atom. The van der Waals surface area contributed by atoms with Gasteiger partial charge in [-0.25, -0.2) is 9.07 Å². The topological polar surface area (TPSA) is 66.0 Å². The zero-order chi connectivity index (χ0) is 16.9. The fourth-order valence-corrected chi connectivity index (χ4v) is 3.10. The van der Waals surface area contributed by atoms with Crippen LogP contribution in [0, 0.1) is 5.82 Å². The third-order valence-electron chi connectivity index (χ3n) is 3.56. The molecule has 0 bridgehead atoms. The highest BCUT2D eigenvalue weighted by atomic mass is 32.2. The summed E-state index contributed by atoms with van der Waals surface area (Å²) in [5.74, 6) is 7.59. The van der Waals surface area contributed by atoms with E-state index in [0.717, 1.165) is 17.9 Å². The highest BCUT2D eigenvalue weighted by molar-refractivity contribution is 7.99. The molecule has 1 heterocycles. The summed E-state index contributed by atoms with van der Waals surface area (Å²) in [6.45, 7) is 0. The maximum absolute atomic E-state index is 13.8. The van der Waals surface area contributed by atoms with Crippen LogP contribution in [-0.4, -0.2) is 27.7 Å². The Morgan fingerprint density at radius 2 is 1.88 bits per heavy atom. The van der Waals surface area contributed by atoms with E-state index in [9.17, 15) is 4.39 Å². The van der Waals surface area contributed by atoms with E-state index in [1.165, 1.54) is 28.1 Å². The van der Waals surface area contributed by atoms with Gasteiger partial charge in [0, 0.05) is 5.75 Å². The van der Waals surface area contributed by atoms with Gasteiger partial charge in [0.05, 0.1) is 12.7 Å². The molecule has 0 atom stereocenters. The summed E-state index contributed by atoms with van der Waals surface area (Å²) in [7, 11) is 1.64. The average molecular weight is 344 g/mol. The quantitative estimate of drug-likeness (QED) is 0.550. The molecule has 0 saturated carbocycles. The number of nitrogen functional groups attached to an aromatic ring is 1. The van der Waals surface area contributed by atoms with E-state index in [0.29, 0.717) is 16.5 Å². The lowest BCUT2D eigenvalue weighted by Crippen LogP contribution is -2.12. The van der Waals surface area contributed by atoms with Gasteiger partial charge in [-0.05, 0) is 36.2 Å². The number of aromatic nitrogens is 3. The molecule has 0 spiro atoms. The summed E-state index contributed by atoms with van der Waals surface area (Å²) in [5.41, 5.74) is 1.54. The number of nitrogens with zero attached hydrogens (tertiary/aromatic N) is 3. The maximum atomic E-state index is 13.8. The van der Waals surface area contributed by atoms with Crippen molar-refractivity contribution in [3.8, 4) is 17.1 Å². The zero-order valence-corrected chi connectivity index (χ0v) is 14.0. The van der Waals surface area contributed by atoms with Crippen molar-refractivity contribution in [2.45, 2.75) is 11.6 Å². The average Bonchev–Trinajstić information content (AvgIpc) is 2.97. The van der Waals surface area contributed by atoms with E-state index in [1.807, 2.05) is 24.3 Å². The molecule has 3 rings (SSSR count). The molecule has 0 amide bonds. The van der Waals surface area contributed by atoms with E-state index >= 15 is 0 Å². The van der Waals surface area contributed by atoms with Crippen LogP contribution in [0.4, 0.5) is 4.39 Å². The Balaban J connectivity index is 1.65. The fourth-order valence-electron chi connectivity index (χ4n) is 2.25. The number of rotatable bonds is 6. The zero-order valence-electron chi connectivity index (χ0n) is 13.1. The van der Waals surface area contributed by atoms with Crippen LogP contribution in [0.2, 0.25) is 0 Å². The Labute approximate surface area is 143 Å². The first-order valence-corrected chi connectivity index (χ1v) is 8.38. The molecule has 2 N–H and O–H groups in total. The summed E-state index contributed by atoms with van der Waals surface area (Å²) in [4.78, 5) is 0. The number of methoxy groups -OCH3 is 1. The van der Waals surface area contributed by atoms with Gasteiger partial charge in [-0.2, -0.15) is 0 Å². The second kappa shape index (κ2) is 7.35. The molecule has 0 fully saturated rings. The second-order valence-electron chi connectivity index (χ2n) is 5.10. The van der Waals surface area contributed by atoms with Crippen LogP contribution >= 0.6 is 11.8 Å². The van der Waals surface area contributed by atoms with Gasteiger partial charge in [-0.1, -0.05) is 36.0 Å². The lowest BCUT2D eigenvalue weighted by Gasteiger charge is -2.05. The van der Waals surface area contributed by atoms with E-state index in [1.54, 1.807) is 25.3 Å². The minimum absolute atomic E-state index is 0.319. The Bertz CT molecular complexity index is 820. The molecule has 0 aliphatic heterocycles. The molecule has 7 heteroatoms. The summed E-state index contributed by atoms with van der Waals surface area (Å²) >= 11 is 1.48. The molecule has 24 heavy (non-hydrogen) atoms. The number of thioether (sulfide) groups is 1. The molecule has 124 valence electrons. The lowest BCUT2D eigenvalue weighted by atomic mass is 10.2. The number of ether oxygens (including phenoxy) is 1. The van der Waals surface area contributed by atoms with Gasteiger partial charge >= 0.3 is 0 Å². The van der Waals surface area contributed by atoms with Gasteiger partial charge in [0.25, 0.3) is 0 Å². The normalized spacial score (nSPS) is 10.8. The summed E-state index contributed by atoms with van der Waals surface area (Å²) < 4.78 is 20.3. The number of hydrogen-bond acceptors (Lipinski definition) is 5. The largest absolute Gasteiger partial charge is 0.497 e. The standard InChI is InChI=1S/C17H17FN4OS/c1-23-13-8-6-12(7-9-13)10-11-24-17-21-20-16(22(17)19)14-4-2-3-5-15(14)18/h2-9H,10-11,19H2,1H3. The molecule has 1 aromatic heterocycles. The van der Waals surface area contributed by atoms with E-state index < -0.39 is 0 Å². The lowest BCUT2D eigenvalue weighted by molar-refractivity contribution is 0.414. The van der Waals surface area contributed by atoms with Crippen molar-refractivity contribution in [2.75, 3.05) is 18.7 Å². The summed E-state index contributed by atoms with van der Waals surface area (Å²) in [6.07, 6.45) is 0.858. The van der Waals surface area contributed by atoms with Gasteiger partial charge in [0.15, 0.2) is 5.82 Å². The molecule has 0 unspecified atom stereocenters. The Morgan fingerprint density at radius 3 is 2.58 bits per heavy atom. The number of hydrogen-bond donors (Lipinski definition) is 1. The van der Waals surface area contributed by atoms with Crippen molar-refractivity contribution < 1.29 is 9.13 Å². The van der Waals surface area contributed by atoms with E-state index in [2.05, 4.69) is 10.2 Å². The van der Waals surface area contributed by atoms with Crippen LogP contribution < -0.4 is 10.6 Å². The van der Waals surface area contributed by atoms with Gasteiger partial charge in [-0.3, -0.25) is 0 Å². The summed E-state index contributed by atoms with van der Waals surface area (Å²) in [5, 5.41) is 8.62. The highest BCUT2D eigenvalue weighted by Crippen LogP contribution is 2.24. The first-order valence-electron chi connectivity index (χ1n) is 7.40. The van der Waals surface area contributed by atoms with Gasteiger partial charge in [-0.15, -0.1) is 10.2 Å². The van der Waals surface area contributed by atoms with Crippen molar-refractivity contribution in [1.29, 1.82) is 0 Å². The molecule has 0 aliphatic rings. The predicted molar refractivity (Wildman–Crippen MR) is 93.0 cm³/mol. The van der Waals surface area contributed by atoms with Crippen LogP contribution in [0.3, 0.4) is 0 Å². The van der Waals surface area contributed by atoms with Gasteiger partial charge in [0.1, 0.15) is 11.6 Å². The van der Waals surface area contributed by atoms with Crippen molar-refractivity contribution in [3.05, 3.63) is 59.9 Å². The number of halogens is 1. The van der Waals surface area contributed by atoms with Crippen LogP contribution in [0.25, 0.3) is 11.4 Å². The molecule has 0 saturated heterocycles. The van der Waals surface area contributed by atoms with Crippen molar-refractivity contribution in [3.63, 3.8) is 0 Å². The fraction of sp³-hybridized carbons (Fsp3) is 0.176. The number of nitrogens with two attached hydrogens (primary N) is 1. The SMILES string of the molecule is COc1ccc(CCSc2nnc(-c3ccccc3F)n2N)cc1. The Hall–Kier alpha value is -2.54. The first kappa shape index (κ1) is 16.3. The van der Waals surface area contributed by atoms with Crippen molar-refractivity contribution in [1.82, 2.24) is 14.9 Å². The summed E-state index contributed by atoms with van der Waals surface area (Å²) in [6, 6.07) is 14.3. The van der Waals surface area contributed by atoms with Crippen molar-refractivity contribution >= 4 is 11.8 Å². The molecule has 2 aromatic carbocycles. The maximum Gasteiger partial charge on any atom is 0.210 e. The van der Waals surface area contributed by atoms with Crippen LogP contribution in [-0.2, 0) is 6.42 Å². The second-order valence-corrected chi connectivity index (χ2v) is 6.16. The number of aryl methyl sites for hydroxylation is 1. The Kier molecular flexibility index (Phi) is 5.00. The third kappa shape index (κ3) is 3.51. The highest BCUT2D eigenvalue weighted by Gasteiger charge is 2.15.